The summed E-state index contributed by atoms with van der Waals surface area (Å²) in [7, 11) is 1.97. The van der Waals surface area contributed by atoms with Crippen LogP contribution in [-0.2, 0) is 7.05 Å². The molecule has 4 heteroatoms. The molecule has 0 bridgehead atoms. The Hall–Kier alpha value is -2.31. The van der Waals surface area contributed by atoms with Gasteiger partial charge in [-0.2, -0.15) is 5.26 Å². The fourth-order valence-electron chi connectivity index (χ4n) is 2.39. The molecule has 1 heterocycles. The molecule has 0 N–H and O–H groups in total. The first kappa shape index (κ1) is 12.7. The second-order valence-corrected chi connectivity index (χ2v) is 5.26. The molecule has 0 spiro atoms. The first-order chi connectivity index (χ1) is 9.58. The average Bonchev–Trinajstić information content (AvgIpc) is 2.74. The lowest BCUT2D eigenvalue weighted by molar-refractivity contribution is 0.959. The van der Waals surface area contributed by atoms with E-state index in [1.54, 1.807) is 12.1 Å². The number of nitrogens with zero attached hydrogens (tertiary/aromatic N) is 3. The van der Waals surface area contributed by atoms with Gasteiger partial charge in [-0.15, -0.1) is 0 Å². The summed E-state index contributed by atoms with van der Waals surface area (Å²) >= 11 is 6.12. The quantitative estimate of drug-likeness (QED) is 0.674. The number of halogens is 1. The van der Waals surface area contributed by atoms with Crippen LogP contribution in [0.2, 0.25) is 5.02 Å². The number of aryl methyl sites for hydroxylation is 2. The van der Waals surface area contributed by atoms with Gasteiger partial charge in [0.25, 0.3) is 0 Å². The molecule has 0 atom stereocenters. The molecule has 0 saturated carbocycles. The second-order valence-electron chi connectivity index (χ2n) is 4.83. The Labute approximate surface area is 122 Å². The Morgan fingerprint density at radius 1 is 1.20 bits per heavy atom. The maximum atomic E-state index is 8.96. The number of fused-ring (bicyclic) bond motifs is 1. The van der Waals surface area contributed by atoms with E-state index in [-0.39, 0.29) is 0 Å². The molecule has 0 unspecified atom stereocenters. The highest BCUT2D eigenvalue weighted by Crippen LogP contribution is 2.27. The lowest BCUT2D eigenvalue weighted by Gasteiger charge is -2.04. The van der Waals surface area contributed by atoms with E-state index in [1.807, 2.05) is 36.7 Å². The third-order valence-electron chi connectivity index (χ3n) is 3.31. The summed E-state index contributed by atoms with van der Waals surface area (Å²) in [5, 5.41) is 9.66. The predicted molar refractivity (Wildman–Crippen MR) is 80.6 cm³/mol. The van der Waals surface area contributed by atoms with Crippen molar-refractivity contribution in [1.82, 2.24) is 9.55 Å². The van der Waals surface area contributed by atoms with Crippen molar-refractivity contribution < 1.29 is 0 Å². The van der Waals surface area contributed by atoms with Crippen LogP contribution in [0.1, 0.15) is 11.1 Å². The summed E-state index contributed by atoms with van der Waals surface area (Å²) in [6.45, 7) is 2.01. The lowest BCUT2D eigenvalue weighted by atomic mass is 10.1. The zero-order valence-electron chi connectivity index (χ0n) is 11.2. The van der Waals surface area contributed by atoms with Gasteiger partial charge in [-0.05, 0) is 48.9 Å². The zero-order valence-corrected chi connectivity index (χ0v) is 11.9. The van der Waals surface area contributed by atoms with Crippen LogP contribution in [0.3, 0.4) is 0 Å². The Morgan fingerprint density at radius 2 is 2.00 bits per heavy atom. The fraction of sp³-hybridized carbons (Fsp3) is 0.125. The number of benzene rings is 2. The van der Waals surface area contributed by atoms with Crippen LogP contribution >= 0.6 is 11.6 Å². The fourth-order valence-corrected chi connectivity index (χ4v) is 2.68. The Bertz CT molecular complexity index is 836. The molecule has 3 nitrogen and oxygen atoms in total. The van der Waals surface area contributed by atoms with Gasteiger partial charge in [-0.25, -0.2) is 4.98 Å². The van der Waals surface area contributed by atoms with E-state index in [9.17, 15) is 0 Å². The molecule has 0 saturated heterocycles. The topological polar surface area (TPSA) is 41.6 Å². The van der Waals surface area contributed by atoms with E-state index in [2.05, 4.69) is 17.1 Å². The van der Waals surface area contributed by atoms with Crippen molar-refractivity contribution in [2.24, 2.45) is 7.05 Å². The van der Waals surface area contributed by atoms with E-state index in [0.717, 1.165) is 28.0 Å². The smallest absolute Gasteiger partial charge is 0.140 e. The summed E-state index contributed by atoms with van der Waals surface area (Å²) in [6, 6.07) is 13.5. The molecule has 0 amide bonds. The molecule has 98 valence electrons. The molecule has 20 heavy (non-hydrogen) atoms. The van der Waals surface area contributed by atoms with Crippen LogP contribution in [0.5, 0.6) is 0 Å². The zero-order chi connectivity index (χ0) is 14.3. The Kier molecular flexibility index (Phi) is 2.96. The highest BCUT2D eigenvalue weighted by atomic mass is 35.5. The first-order valence-corrected chi connectivity index (χ1v) is 6.60. The summed E-state index contributed by atoms with van der Waals surface area (Å²) < 4.78 is 2.02. The summed E-state index contributed by atoms with van der Waals surface area (Å²) in [5.74, 6) is 0.848. The highest BCUT2D eigenvalue weighted by Gasteiger charge is 2.11. The Morgan fingerprint density at radius 3 is 2.70 bits per heavy atom. The van der Waals surface area contributed by atoms with Gasteiger partial charge in [0.05, 0.1) is 22.7 Å². The van der Waals surface area contributed by atoms with Gasteiger partial charge in [0, 0.05) is 17.6 Å². The predicted octanol–water partition coefficient (Wildman–Crippen LogP) is 4.07. The minimum absolute atomic E-state index is 0.615. The van der Waals surface area contributed by atoms with Crippen LogP contribution in [0, 0.1) is 18.3 Å². The van der Waals surface area contributed by atoms with Crippen molar-refractivity contribution in [1.29, 1.82) is 5.26 Å². The molecular weight excluding hydrogens is 270 g/mol. The van der Waals surface area contributed by atoms with Crippen molar-refractivity contribution >= 4 is 22.6 Å². The first-order valence-electron chi connectivity index (χ1n) is 6.22. The molecule has 3 aromatic rings. The van der Waals surface area contributed by atoms with Gasteiger partial charge in [0.15, 0.2) is 0 Å². The monoisotopic (exact) mass is 281 g/mol. The SMILES string of the molecule is Cc1cc(Cl)cc(-c2nc3cc(C#N)ccc3n2C)c1. The highest BCUT2D eigenvalue weighted by molar-refractivity contribution is 6.30. The van der Waals surface area contributed by atoms with Crippen molar-refractivity contribution in [3.63, 3.8) is 0 Å². The molecule has 0 aliphatic carbocycles. The second kappa shape index (κ2) is 4.66. The molecule has 0 fully saturated rings. The van der Waals surface area contributed by atoms with Crippen molar-refractivity contribution in [2.45, 2.75) is 6.92 Å². The maximum absolute atomic E-state index is 8.96. The van der Waals surface area contributed by atoms with Gasteiger partial charge >= 0.3 is 0 Å². The number of nitriles is 1. The number of aromatic nitrogens is 2. The molecule has 0 aliphatic rings. The van der Waals surface area contributed by atoms with E-state index >= 15 is 0 Å². The van der Waals surface area contributed by atoms with Crippen LogP contribution in [0.25, 0.3) is 22.4 Å². The van der Waals surface area contributed by atoms with E-state index < -0.39 is 0 Å². The number of hydrogen-bond acceptors (Lipinski definition) is 2. The van der Waals surface area contributed by atoms with Gasteiger partial charge in [0.1, 0.15) is 5.82 Å². The van der Waals surface area contributed by atoms with E-state index in [1.165, 1.54) is 0 Å². The molecule has 2 aromatic carbocycles. The third kappa shape index (κ3) is 2.04. The summed E-state index contributed by atoms with van der Waals surface area (Å²) in [6.07, 6.45) is 0. The molecule has 1 aromatic heterocycles. The third-order valence-corrected chi connectivity index (χ3v) is 3.53. The summed E-state index contributed by atoms with van der Waals surface area (Å²) in [4.78, 5) is 4.63. The normalized spacial score (nSPS) is 10.7. The van der Waals surface area contributed by atoms with Gasteiger partial charge in [0.2, 0.25) is 0 Å². The number of rotatable bonds is 1. The minimum atomic E-state index is 0.615. The molecule has 3 rings (SSSR count). The Balaban J connectivity index is 2.26. The van der Waals surface area contributed by atoms with Gasteiger partial charge < -0.3 is 4.57 Å². The summed E-state index contributed by atoms with van der Waals surface area (Å²) in [5.41, 5.74) is 4.50. The van der Waals surface area contributed by atoms with Crippen LogP contribution < -0.4 is 0 Å². The van der Waals surface area contributed by atoms with Crippen molar-refractivity contribution in [3.8, 4) is 17.5 Å². The largest absolute Gasteiger partial charge is 0.327 e. The average molecular weight is 282 g/mol. The van der Waals surface area contributed by atoms with Crippen LogP contribution in [-0.4, -0.2) is 9.55 Å². The van der Waals surface area contributed by atoms with Crippen molar-refractivity contribution in [2.75, 3.05) is 0 Å². The maximum Gasteiger partial charge on any atom is 0.140 e. The van der Waals surface area contributed by atoms with Crippen LogP contribution in [0.4, 0.5) is 0 Å². The van der Waals surface area contributed by atoms with Gasteiger partial charge in [-0.3, -0.25) is 0 Å². The van der Waals surface area contributed by atoms with Crippen LogP contribution in [0.15, 0.2) is 36.4 Å². The van der Waals surface area contributed by atoms with Crippen molar-refractivity contribution in [3.05, 3.63) is 52.5 Å². The molecular formula is C16H12ClN3. The van der Waals surface area contributed by atoms with E-state index in [0.29, 0.717) is 10.6 Å². The number of hydrogen-bond donors (Lipinski definition) is 0. The van der Waals surface area contributed by atoms with E-state index in [4.69, 9.17) is 16.9 Å². The standard InChI is InChI=1S/C16H12ClN3/c1-10-5-12(8-13(17)6-10)16-19-14-7-11(9-18)3-4-15(14)20(16)2/h3-8H,1-2H3. The molecule has 0 radical (unpaired) electrons. The van der Waals surface area contributed by atoms with Gasteiger partial charge in [-0.1, -0.05) is 11.6 Å². The number of imidazole rings is 1. The molecule has 0 aliphatic heterocycles. The minimum Gasteiger partial charge on any atom is -0.327 e. The lowest BCUT2D eigenvalue weighted by Crippen LogP contribution is -1.93.